The van der Waals surface area contributed by atoms with Crippen LogP contribution in [0, 0.1) is 76.9 Å². The first kappa shape index (κ1) is 27.0. The van der Waals surface area contributed by atoms with E-state index in [-0.39, 0.29) is 0 Å². The molecule has 1 aromatic carbocycles. The Hall–Kier alpha value is -1.04. The molecular formula is C44H60. The van der Waals surface area contributed by atoms with Crippen molar-refractivity contribution in [3.63, 3.8) is 0 Å². The van der Waals surface area contributed by atoms with Crippen LogP contribution < -0.4 is 0 Å². The first-order valence-electron chi connectivity index (χ1n) is 20.3. The summed E-state index contributed by atoms with van der Waals surface area (Å²) < 4.78 is 0. The minimum atomic E-state index is 0.741. The molecule has 19 atom stereocenters. The lowest BCUT2D eigenvalue weighted by molar-refractivity contribution is -0.0148. The van der Waals surface area contributed by atoms with Gasteiger partial charge in [0, 0.05) is 0 Å². The number of hydrogen-bond acceptors (Lipinski definition) is 0. The summed E-state index contributed by atoms with van der Waals surface area (Å²) in [5.41, 5.74) is 14.3. The predicted octanol–water partition coefficient (Wildman–Crippen LogP) is 11.7. The molecule has 44 heavy (non-hydrogen) atoms. The third-order valence-electron chi connectivity index (χ3n) is 18.4. The second-order valence-electron chi connectivity index (χ2n) is 19.8. The molecule has 18 unspecified atom stereocenters. The Balaban J connectivity index is 1.31. The van der Waals surface area contributed by atoms with E-state index >= 15 is 0 Å². The fourth-order valence-corrected chi connectivity index (χ4v) is 17.8. The Morgan fingerprint density at radius 2 is 1.09 bits per heavy atom. The molecule has 0 N–H and O–H groups in total. The maximum absolute atomic E-state index is 5.24. The quantitative estimate of drug-likeness (QED) is 0.264. The highest BCUT2D eigenvalue weighted by molar-refractivity contribution is 5.66. The Morgan fingerprint density at radius 1 is 0.477 bits per heavy atom. The molecule has 0 bridgehead atoms. The number of benzene rings is 1. The lowest BCUT2D eigenvalue weighted by Gasteiger charge is -2.65. The van der Waals surface area contributed by atoms with Gasteiger partial charge in [-0.1, -0.05) is 66.0 Å². The second-order valence-corrected chi connectivity index (χ2v) is 19.8. The van der Waals surface area contributed by atoms with Gasteiger partial charge in [-0.2, -0.15) is 0 Å². The van der Waals surface area contributed by atoms with Gasteiger partial charge in [0.2, 0.25) is 0 Å². The van der Waals surface area contributed by atoms with Crippen molar-refractivity contribution >= 4 is 0 Å². The maximum atomic E-state index is 5.24. The minimum absolute atomic E-state index is 0.741. The van der Waals surface area contributed by atoms with Crippen molar-refractivity contribution in [1.82, 2.24) is 0 Å². The van der Waals surface area contributed by atoms with Gasteiger partial charge in [-0.15, -0.1) is 0 Å². The second kappa shape index (κ2) is 8.90. The number of fused-ring (bicyclic) bond motifs is 1. The molecule has 10 aliphatic rings. The van der Waals surface area contributed by atoms with E-state index < -0.39 is 0 Å². The van der Waals surface area contributed by atoms with E-state index in [1.165, 1.54) is 51.4 Å². The zero-order chi connectivity index (χ0) is 29.5. The molecule has 4 saturated carbocycles. The van der Waals surface area contributed by atoms with Gasteiger partial charge in [-0.05, 0) is 204 Å². The molecule has 1 aromatic rings. The summed E-state index contributed by atoms with van der Waals surface area (Å²) in [5, 5.41) is 0. The van der Waals surface area contributed by atoms with Crippen LogP contribution in [0.25, 0.3) is 0 Å². The van der Waals surface area contributed by atoms with Gasteiger partial charge in [0.15, 0.2) is 0 Å². The van der Waals surface area contributed by atoms with Crippen molar-refractivity contribution in [3.05, 3.63) is 45.5 Å². The van der Waals surface area contributed by atoms with Crippen LogP contribution in [0.3, 0.4) is 0 Å². The molecule has 0 saturated heterocycles. The van der Waals surface area contributed by atoms with Crippen LogP contribution in [0.2, 0.25) is 0 Å². The zero-order valence-corrected chi connectivity index (χ0v) is 28.7. The van der Waals surface area contributed by atoms with Crippen molar-refractivity contribution in [2.24, 2.45) is 76.9 Å². The van der Waals surface area contributed by atoms with Crippen molar-refractivity contribution < 1.29 is 0 Å². The molecule has 0 heterocycles. The number of allylic oxidation sites excluding steroid dienone is 1. The van der Waals surface area contributed by atoms with Crippen LogP contribution in [-0.4, -0.2) is 0 Å². The van der Waals surface area contributed by atoms with Crippen molar-refractivity contribution in [2.45, 2.75) is 147 Å². The molecule has 4 fully saturated rings. The summed E-state index contributed by atoms with van der Waals surface area (Å²) in [5.74, 6) is 16.7. The van der Waals surface area contributed by atoms with Gasteiger partial charge in [0.25, 0.3) is 0 Å². The van der Waals surface area contributed by atoms with Crippen LogP contribution in [-0.2, 0) is 0 Å². The lowest BCUT2D eigenvalue weighted by Crippen LogP contribution is -2.55. The Bertz CT molecular complexity index is 1440. The molecule has 0 aliphatic heterocycles. The Kier molecular flexibility index (Phi) is 5.45. The average molecular weight is 589 g/mol. The molecule has 10 aliphatic carbocycles. The minimum Gasteiger partial charge on any atom is -0.0993 e. The topological polar surface area (TPSA) is 0 Å². The molecule has 0 aromatic heterocycles. The summed E-state index contributed by atoms with van der Waals surface area (Å²) in [6, 6.07) is 0. The first-order valence-corrected chi connectivity index (χ1v) is 20.3. The van der Waals surface area contributed by atoms with Gasteiger partial charge in [-0.3, -0.25) is 0 Å². The highest BCUT2D eigenvalue weighted by atomic mass is 14.7. The molecule has 11 rings (SSSR count). The van der Waals surface area contributed by atoms with Gasteiger partial charge in [0.1, 0.15) is 0 Å². The SMILES string of the molecule is C=C1C2CCCC3CC4CC5CCCC6C7CCC(C)C8C(C)C9c%10c(c(c4c(c%10C78)C56)C32)C2C1C[C@@H](C)CC(C)C2C9C. The third-order valence-corrected chi connectivity index (χ3v) is 18.4. The Labute approximate surface area is 269 Å². The summed E-state index contributed by atoms with van der Waals surface area (Å²) in [4.78, 5) is 0. The maximum Gasteiger partial charge on any atom is -0.00567 e. The van der Waals surface area contributed by atoms with E-state index in [0.717, 1.165) is 112 Å². The molecule has 236 valence electrons. The van der Waals surface area contributed by atoms with Gasteiger partial charge < -0.3 is 0 Å². The predicted molar refractivity (Wildman–Crippen MR) is 181 cm³/mol. The van der Waals surface area contributed by atoms with Gasteiger partial charge in [0.05, 0.1) is 0 Å². The van der Waals surface area contributed by atoms with Crippen molar-refractivity contribution in [2.75, 3.05) is 0 Å². The summed E-state index contributed by atoms with van der Waals surface area (Å²) >= 11 is 0. The zero-order valence-electron chi connectivity index (χ0n) is 28.7. The fourth-order valence-electron chi connectivity index (χ4n) is 17.8. The van der Waals surface area contributed by atoms with Crippen molar-refractivity contribution in [1.29, 1.82) is 0 Å². The molecule has 0 nitrogen and oxygen atoms in total. The fraction of sp³-hybridized carbons (Fsp3) is 0.818. The lowest BCUT2D eigenvalue weighted by atomic mass is 9.39. The van der Waals surface area contributed by atoms with E-state index in [1.807, 2.05) is 0 Å². The van der Waals surface area contributed by atoms with Crippen LogP contribution in [0.1, 0.15) is 181 Å². The van der Waals surface area contributed by atoms with E-state index in [4.69, 9.17) is 6.58 Å². The van der Waals surface area contributed by atoms with E-state index in [9.17, 15) is 0 Å². The standard InChI is InChI=1S/C44H60/c1-19-15-21(3)33-24(6)34-23(5)32-20(2)13-14-30-29-12-8-10-26-18-27-17-25-9-7-11-28-22(4)31(16-19)39(33)44-40(34)43(38(30)32)42(36(26)29)37(27)41(44)35(25)28/h19-21,23-36,38-39H,4,7-18H2,1-3,5-6H3/t19-,20?,21?,23?,24?,25?,26?,27?,28?,29?,30?,31?,32?,33?,34?,35?,36?,38?,39?/m0/s1. The number of rotatable bonds is 0. The van der Waals surface area contributed by atoms with E-state index in [0.29, 0.717) is 0 Å². The third kappa shape index (κ3) is 2.99. The first-order chi connectivity index (χ1) is 21.3. The van der Waals surface area contributed by atoms with Crippen LogP contribution in [0.5, 0.6) is 0 Å². The summed E-state index contributed by atoms with van der Waals surface area (Å²) in [7, 11) is 0. The largest absolute Gasteiger partial charge is 0.0993 e. The molecule has 0 heteroatoms. The summed E-state index contributed by atoms with van der Waals surface area (Å²) in [6.45, 7) is 18.9. The molecule has 0 amide bonds. The van der Waals surface area contributed by atoms with Crippen LogP contribution >= 0.6 is 0 Å². The van der Waals surface area contributed by atoms with Crippen LogP contribution in [0.4, 0.5) is 0 Å². The van der Waals surface area contributed by atoms with Gasteiger partial charge >= 0.3 is 0 Å². The number of hydrogen-bond donors (Lipinski definition) is 0. The molecule has 0 radical (unpaired) electrons. The average Bonchev–Trinajstić information content (AvgIpc) is 3.20. The Morgan fingerprint density at radius 3 is 1.89 bits per heavy atom. The van der Waals surface area contributed by atoms with Crippen LogP contribution in [0.15, 0.2) is 12.2 Å². The summed E-state index contributed by atoms with van der Waals surface area (Å²) in [6.07, 6.45) is 18.1. The van der Waals surface area contributed by atoms with E-state index in [2.05, 4.69) is 68.0 Å². The van der Waals surface area contributed by atoms with Crippen molar-refractivity contribution in [3.8, 4) is 0 Å². The molecular weight excluding hydrogens is 528 g/mol. The smallest absolute Gasteiger partial charge is 0.00567 e. The van der Waals surface area contributed by atoms with Gasteiger partial charge in [-0.25, -0.2) is 0 Å². The highest BCUT2D eigenvalue weighted by Crippen LogP contribution is 2.76. The molecule has 0 spiro atoms. The monoisotopic (exact) mass is 588 g/mol. The normalized spacial score (nSPS) is 56.8. The highest BCUT2D eigenvalue weighted by Gasteiger charge is 2.65. The van der Waals surface area contributed by atoms with E-state index in [1.54, 1.807) is 31.3 Å².